The van der Waals surface area contributed by atoms with Crippen molar-refractivity contribution in [3.8, 4) is 0 Å². The van der Waals surface area contributed by atoms with Gasteiger partial charge in [-0.25, -0.2) is 4.79 Å². The molecule has 3 aromatic carbocycles. The summed E-state index contributed by atoms with van der Waals surface area (Å²) < 4.78 is 0. The van der Waals surface area contributed by atoms with Crippen LogP contribution in [0.15, 0.2) is 76.5 Å². The molecule has 0 atom stereocenters. The lowest BCUT2D eigenvalue weighted by atomic mass is 10.1. The van der Waals surface area contributed by atoms with E-state index < -0.39 is 11.9 Å². The molecule has 3 rings (SSSR count). The van der Waals surface area contributed by atoms with Gasteiger partial charge in [0, 0.05) is 9.79 Å². The monoisotopic (exact) mass is 377 g/mol. The number of anilines is 1. The molecule has 5 heteroatoms. The van der Waals surface area contributed by atoms with Gasteiger partial charge in [-0.15, -0.1) is 0 Å². The van der Waals surface area contributed by atoms with Gasteiger partial charge < -0.3 is 10.4 Å². The lowest BCUT2D eigenvalue weighted by molar-refractivity contribution is 0.0692. The molecule has 0 saturated carbocycles. The molecule has 0 unspecified atom stereocenters. The maximum atomic E-state index is 12.7. The molecule has 3 aromatic rings. The third-order valence-electron chi connectivity index (χ3n) is 4.09. The second-order valence-electron chi connectivity index (χ2n) is 6.17. The van der Waals surface area contributed by atoms with Gasteiger partial charge in [-0.05, 0) is 49.7 Å². The SMILES string of the molecule is Cc1ccc(Sc2ccccc2NC(=O)c2ccccc2C(=O)O)c(C)c1. The zero-order valence-corrected chi connectivity index (χ0v) is 15.8. The number of hydrogen-bond acceptors (Lipinski definition) is 3. The van der Waals surface area contributed by atoms with Crippen molar-refractivity contribution < 1.29 is 14.7 Å². The molecule has 1 amide bonds. The molecule has 0 heterocycles. The van der Waals surface area contributed by atoms with Crippen LogP contribution in [-0.4, -0.2) is 17.0 Å². The van der Waals surface area contributed by atoms with E-state index >= 15 is 0 Å². The van der Waals surface area contributed by atoms with Crippen molar-refractivity contribution in [3.05, 3.63) is 89.0 Å². The number of para-hydroxylation sites is 1. The number of amides is 1. The number of nitrogens with one attached hydrogen (secondary N) is 1. The second-order valence-corrected chi connectivity index (χ2v) is 7.26. The molecule has 0 aliphatic heterocycles. The Morgan fingerprint density at radius 2 is 1.52 bits per heavy atom. The first-order chi connectivity index (χ1) is 13.0. The Kier molecular flexibility index (Phi) is 5.62. The lowest BCUT2D eigenvalue weighted by Gasteiger charge is -2.13. The maximum Gasteiger partial charge on any atom is 0.336 e. The number of rotatable bonds is 5. The van der Waals surface area contributed by atoms with Gasteiger partial charge in [0.15, 0.2) is 0 Å². The smallest absolute Gasteiger partial charge is 0.336 e. The van der Waals surface area contributed by atoms with Crippen molar-refractivity contribution in [2.24, 2.45) is 0 Å². The van der Waals surface area contributed by atoms with E-state index in [2.05, 4.69) is 37.4 Å². The minimum absolute atomic E-state index is 0.0190. The summed E-state index contributed by atoms with van der Waals surface area (Å²) in [5.74, 6) is -1.57. The van der Waals surface area contributed by atoms with Crippen molar-refractivity contribution >= 4 is 29.3 Å². The fraction of sp³-hybridized carbons (Fsp3) is 0.0909. The molecule has 0 radical (unpaired) electrons. The number of carbonyl (C=O) groups excluding carboxylic acids is 1. The fourth-order valence-electron chi connectivity index (χ4n) is 2.75. The van der Waals surface area contributed by atoms with Crippen LogP contribution in [0.1, 0.15) is 31.8 Å². The van der Waals surface area contributed by atoms with Crippen LogP contribution in [0.25, 0.3) is 0 Å². The molecule has 0 aromatic heterocycles. The number of carbonyl (C=O) groups is 2. The van der Waals surface area contributed by atoms with E-state index in [0.29, 0.717) is 5.69 Å². The highest BCUT2D eigenvalue weighted by Gasteiger charge is 2.17. The van der Waals surface area contributed by atoms with E-state index in [1.165, 1.54) is 17.7 Å². The molecule has 0 aliphatic rings. The standard InChI is InChI=1S/C22H19NO3S/c1-14-11-12-19(15(2)13-14)27-20-10-6-5-9-18(20)23-21(24)16-7-3-4-8-17(16)22(25)26/h3-13H,1-2H3,(H,23,24)(H,25,26). The van der Waals surface area contributed by atoms with Gasteiger partial charge in [0.1, 0.15) is 0 Å². The second kappa shape index (κ2) is 8.10. The summed E-state index contributed by atoms with van der Waals surface area (Å²) in [6, 6.07) is 19.9. The first kappa shape index (κ1) is 18.7. The number of aromatic carboxylic acids is 1. The summed E-state index contributed by atoms with van der Waals surface area (Å²) in [5, 5.41) is 12.1. The molecule has 0 fully saturated rings. The Hall–Kier alpha value is -3.05. The highest BCUT2D eigenvalue weighted by Crippen LogP contribution is 2.35. The Bertz CT molecular complexity index is 1010. The fourth-order valence-corrected chi connectivity index (χ4v) is 3.72. The van der Waals surface area contributed by atoms with Crippen LogP contribution in [0.3, 0.4) is 0 Å². The van der Waals surface area contributed by atoms with Gasteiger partial charge in [0.25, 0.3) is 5.91 Å². The Morgan fingerprint density at radius 3 is 2.22 bits per heavy atom. The van der Waals surface area contributed by atoms with E-state index in [0.717, 1.165) is 15.4 Å². The molecule has 2 N–H and O–H groups in total. The molecule has 0 spiro atoms. The van der Waals surface area contributed by atoms with Crippen LogP contribution >= 0.6 is 11.8 Å². The zero-order valence-electron chi connectivity index (χ0n) is 15.0. The molecule has 0 saturated heterocycles. The number of benzene rings is 3. The van der Waals surface area contributed by atoms with E-state index in [9.17, 15) is 14.7 Å². The highest BCUT2D eigenvalue weighted by molar-refractivity contribution is 7.99. The predicted octanol–water partition coefficient (Wildman–Crippen LogP) is 5.41. The van der Waals surface area contributed by atoms with Crippen LogP contribution < -0.4 is 5.32 Å². The Labute approximate surface area is 162 Å². The van der Waals surface area contributed by atoms with Crippen molar-refractivity contribution in [2.75, 3.05) is 5.32 Å². The highest BCUT2D eigenvalue weighted by atomic mass is 32.2. The van der Waals surface area contributed by atoms with Crippen LogP contribution in [0.5, 0.6) is 0 Å². The van der Waals surface area contributed by atoms with E-state index in [1.807, 2.05) is 24.3 Å². The lowest BCUT2D eigenvalue weighted by Crippen LogP contribution is -2.16. The number of aryl methyl sites for hydroxylation is 2. The van der Waals surface area contributed by atoms with Crippen LogP contribution in [-0.2, 0) is 0 Å². The summed E-state index contributed by atoms with van der Waals surface area (Å²) in [6.07, 6.45) is 0. The number of carboxylic acids is 1. The normalized spacial score (nSPS) is 10.4. The summed E-state index contributed by atoms with van der Waals surface area (Å²) in [6.45, 7) is 4.11. The van der Waals surface area contributed by atoms with Gasteiger partial charge in [0.2, 0.25) is 0 Å². The third-order valence-corrected chi connectivity index (χ3v) is 5.34. The summed E-state index contributed by atoms with van der Waals surface area (Å²) in [4.78, 5) is 26.0. The minimum Gasteiger partial charge on any atom is -0.478 e. The van der Waals surface area contributed by atoms with Gasteiger partial charge >= 0.3 is 5.97 Å². The first-order valence-corrected chi connectivity index (χ1v) is 9.25. The number of hydrogen-bond donors (Lipinski definition) is 2. The molecular weight excluding hydrogens is 358 g/mol. The van der Waals surface area contributed by atoms with Crippen molar-refractivity contribution in [2.45, 2.75) is 23.6 Å². The summed E-state index contributed by atoms with van der Waals surface area (Å²) >= 11 is 1.57. The average molecular weight is 377 g/mol. The van der Waals surface area contributed by atoms with Gasteiger partial charge in [-0.3, -0.25) is 4.79 Å². The topological polar surface area (TPSA) is 66.4 Å². The summed E-state index contributed by atoms with van der Waals surface area (Å²) in [5.41, 5.74) is 3.12. The molecular formula is C22H19NO3S. The van der Waals surface area contributed by atoms with Gasteiger partial charge in [-0.2, -0.15) is 0 Å². The third kappa shape index (κ3) is 4.38. The molecule has 27 heavy (non-hydrogen) atoms. The maximum absolute atomic E-state index is 12.7. The van der Waals surface area contributed by atoms with E-state index in [1.54, 1.807) is 23.9 Å². The van der Waals surface area contributed by atoms with Crippen molar-refractivity contribution in [1.29, 1.82) is 0 Å². The minimum atomic E-state index is -1.13. The van der Waals surface area contributed by atoms with Gasteiger partial charge in [0.05, 0.1) is 16.8 Å². The molecule has 4 nitrogen and oxygen atoms in total. The predicted molar refractivity (Wildman–Crippen MR) is 108 cm³/mol. The average Bonchev–Trinajstić information content (AvgIpc) is 2.65. The first-order valence-electron chi connectivity index (χ1n) is 8.43. The van der Waals surface area contributed by atoms with E-state index in [4.69, 9.17) is 0 Å². The van der Waals surface area contributed by atoms with Gasteiger partial charge in [-0.1, -0.05) is 53.7 Å². The Morgan fingerprint density at radius 1 is 0.852 bits per heavy atom. The van der Waals surface area contributed by atoms with E-state index in [-0.39, 0.29) is 11.1 Å². The Balaban J connectivity index is 1.88. The molecule has 0 bridgehead atoms. The largest absolute Gasteiger partial charge is 0.478 e. The zero-order chi connectivity index (χ0) is 19.4. The van der Waals surface area contributed by atoms with Crippen molar-refractivity contribution in [1.82, 2.24) is 0 Å². The molecule has 0 aliphatic carbocycles. The van der Waals surface area contributed by atoms with Crippen LogP contribution in [0.4, 0.5) is 5.69 Å². The summed E-state index contributed by atoms with van der Waals surface area (Å²) in [7, 11) is 0. The van der Waals surface area contributed by atoms with Crippen LogP contribution in [0.2, 0.25) is 0 Å². The quantitative estimate of drug-likeness (QED) is 0.624. The van der Waals surface area contributed by atoms with Crippen LogP contribution in [0, 0.1) is 13.8 Å². The van der Waals surface area contributed by atoms with Crippen molar-refractivity contribution in [3.63, 3.8) is 0 Å². The number of carboxylic acid groups (broad SMARTS) is 1. The molecule has 136 valence electrons.